The molecule has 4 atom stereocenters. The summed E-state index contributed by atoms with van der Waals surface area (Å²) in [4.78, 5) is 2.60. The number of rotatable bonds is 4. The number of benzene rings is 1. The summed E-state index contributed by atoms with van der Waals surface area (Å²) in [7, 11) is 0. The maximum absolute atomic E-state index is 13.3. The van der Waals surface area contributed by atoms with Crippen LogP contribution in [0.5, 0.6) is 0 Å². The summed E-state index contributed by atoms with van der Waals surface area (Å²) < 4.78 is 13.3. The minimum Gasteiger partial charge on any atom is -0.327 e. The molecule has 2 aliphatic rings. The first-order valence-corrected chi connectivity index (χ1v) is 9.70. The molecular formula is C21H27FN4. The second kappa shape index (κ2) is 7.80. The van der Waals surface area contributed by atoms with Crippen LogP contribution in [-0.4, -0.2) is 40.3 Å². The molecule has 0 spiro atoms. The third-order valence-corrected chi connectivity index (χ3v) is 6.06. The number of halogens is 1. The average Bonchev–Trinajstić information content (AvgIpc) is 3.07. The van der Waals surface area contributed by atoms with Crippen LogP contribution in [0.4, 0.5) is 4.39 Å². The van der Waals surface area contributed by atoms with Crippen molar-refractivity contribution in [1.29, 1.82) is 0 Å². The molecule has 2 heterocycles. The van der Waals surface area contributed by atoms with Crippen LogP contribution in [0.25, 0.3) is 0 Å². The highest BCUT2D eigenvalue weighted by Crippen LogP contribution is 2.42. The van der Waals surface area contributed by atoms with Crippen molar-refractivity contribution in [3.8, 4) is 0 Å². The predicted molar refractivity (Wildman–Crippen MR) is 100 cm³/mol. The summed E-state index contributed by atoms with van der Waals surface area (Å²) in [6, 6.07) is 11.9. The van der Waals surface area contributed by atoms with Gasteiger partial charge >= 0.3 is 0 Å². The summed E-state index contributed by atoms with van der Waals surface area (Å²) >= 11 is 0. The zero-order valence-corrected chi connectivity index (χ0v) is 15.1. The van der Waals surface area contributed by atoms with E-state index in [-0.39, 0.29) is 11.9 Å². The molecule has 4 nitrogen and oxygen atoms in total. The monoisotopic (exact) mass is 354 g/mol. The average molecular weight is 354 g/mol. The largest absolute Gasteiger partial charge is 0.327 e. The standard InChI is InChI=1S/C21H27FN4/c22-18-7-5-15(6-8-18)16-11-17(12-20-4-1-9-24-25-20)21(13-16)26-10-2-3-19(23)14-26/h1,4-9,16-17,19,21H,2-3,10-14,23H2. The third-order valence-electron chi connectivity index (χ3n) is 6.06. The van der Waals surface area contributed by atoms with Gasteiger partial charge in [0.25, 0.3) is 0 Å². The molecule has 0 bridgehead atoms. The van der Waals surface area contributed by atoms with Gasteiger partial charge in [0.15, 0.2) is 0 Å². The van der Waals surface area contributed by atoms with E-state index >= 15 is 0 Å². The lowest BCUT2D eigenvalue weighted by atomic mass is 9.93. The second-order valence-corrected chi connectivity index (χ2v) is 7.86. The van der Waals surface area contributed by atoms with Gasteiger partial charge in [-0.05, 0) is 80.3 Å². The van der Waals surface area contributed by atoms with Crippen molar-refractivity contribution in [3.63, 3.8) is 0 Å². The molecule has 1 aromatic carbocycles. The van der Waals surface area contributed by atoms with Crippen molar-refractivity contribution in [2.75, 3.05) is 13.1 Å². The summed E-state index contributed by atoms with van der Waals surface area (Å²) in [6.07, 6.45) is 7.20. The van der Waals surface area contributed by atoms with E-state index in [1.54, 1.807) is 18.3 Å². The number of hydrogen-bond acceptors (Lipinski definition) is 4. The molecule has 2 fully saturated rings. The first-order chi connectivity index (χ1) is 12.7. The molecule has 2 aromatic rings. The van der Waals surface area contributed by atoms with Crippen LogP contribution in [-0.2, 0) is 6.42 Å². The van der Waals surface area contributed by atoms with Gasteiger partial charge in [-0.3, -0.25) is 4.90 Å². The highest BCUT2D eigenvalue weighted by atomic mass is 19.1. The van der Waals surface area contributed by atoms with Crippen molar-refractivity contribution in [1.82, 2.24) is 15.1 Å². The lowest BCUT2D eigenvalue weighted by molar-refractivity contribution is 0.120. The smallest absolute Gasteiger partial charge is 0.123 e. The van der Waals surface area contributed by atoms with Crippen molar-refractivity contribution < 1.29 is 4.39 Å². The van der Waals surface area contributed by atoms with Gasteiger partial charge in [0.05, 0.1) is 5.69 Å². The minimum atomic E-state index is -0.165. The molecule has 1 saturated heterocycles. The van der Waals surface area contributed by atoms with Gasteiger partial charge in [-0.2, -0.15) is 10.2 Å². The first kappa shape index (κ1) is 17.6. The van der Waals surface area contributed by atoms with Crippen LogP contribution in [0, 0.1) is 11.7 Å². The SMILES string of the molecule is NC1CCCN(C2CC(c3ccc(F)cc3)CC2Cc2cccnn2)C1. The molecule has 1 saturated carbocycles. The molecule has 5 heteroatoms. The van der Waals surface area contributed by atoms with E-state index in [0.717, 1.165) is 44.5 Å². The molecule has 1 aliphatic carbocycles. The lowest BCUT2D eigenvalue weighted by Crippen LogP contribution is -2.49. The summed E-state index contributed by atoms with van der Waals surface area (Å²) in [5.41, 5.74) is 8.56. The normalized spacial score (nSPS) is 29.8. The first-order valence-electron chi connectivity index (χ1n) is 9.70. The Labute approximate surface area is 154 Å². The molecule has 1 aromatic heterocycles. The summed E-state index contributed by atoms with van der Waals surface area (Å²) in [5, 5.41) is 8.34. The van der Waals surface area contributed by atoms with Crippen LogP contribution in [0.3, 0.4) is 0 Å². The lowest BCUT2D eigenvalue weighted by Gasteiger charge is -2.38. The van der Waals surface area contributed by atoms with E-state index in [0.29, 0.717) is 17.9 Å². The highest BCUT2D eigenvalue weighted by molar-refractivity contribution is 5.23. The van der Waals surface area contributed by atoms with Gasteiger partial charge in [-0.25, -0.2) is 4.39 Å². The van der Waals surface area contributed by atoms with Gasteiger partial charge in [-0.1, -0.05) is 12.1 Å². The third kappa shape index (κ3) is 3.94. The molecule has 0 amide bonds. The topological polar surface area (TPSA) is 55.0 Å². The number of nitrogens with zero attached hydrogens (tertiary/aromatic N) is 3. The molecule has 4 rings (SSSR count). The van der Waals surface area contributed by atoms with E-state index < -0.39 is 0 Å². The van der Waals surface area contributed by atoms with Gasteiger partial charge < -0.3 is 5.73 Å². The van der Waals surface area contributed by atoms with Gasteiger partial charge in [0.1, 0.15) is 5.82 Å². The number of piperidine rings is 1. The molecule has 4 unspecified atom stereocenters. The van der Waals surface area contributed by atoms with Gasteiger partial charge in [0, 0.05) is 24.8 Å². The molecule has 138 valence electrons. The van der Waals surface area contributed by atoms with Crippen LogP contribution >= 0.6 is 0 Å². The fourth-order valence-corrected chi connectivity index (χ4v) is 4.83. The Bertz CT molecular complexity index is 706. The predicted octanol–water partition coefficient (Wildman–Crippen LogP) is 3.14. The van der Waals surface area contributed by atoms with Crippen LogP contribution < -0.4 is 5.73 Å². The van der Waals surface area contributed by atoms with Crippen molar-refractivity contribution in [2.45, 2.75) is 50.1 Å². The Morgan fingerprint density at radius 3 is 2.73 bits per heavy atom. The summed E-state index contributed by atoms with van der Waals surface area (Å²) in [6.45, 7) is 2.11. The van der Waals surface area contributed by atoms with E-state index in [4.69, 9.17) is 5.73 Å². The van der Waals surface area contributed by atoms with Crippen LogP contribution in [0.15, 0.2) is 42.6 Å². The van der Waals surface area contributed by atoms with E-state index in [9.17, 15) is 4.39 Å². The Morgan fingerprint density at radius 1 is 1.15 bits per heavy atom. The molecular weight excluding hydrogens is 327 g/mol. The molecule has 2 N–H and O–H groups in total. The fourth-order valence-electron chi connectivity index (χ4n) is 4.83. The van der Waals surface area contributed by atoms with E-state index in [2.05, 4.69) is 21.2 Å². The van der Waals surface area contributed by atoms with E-state index in [1.807, 2.05) is 18.2 Å². The number of nitrogens with two attached hydrogens (primary N) is 1. The number of hydrogen-bond donors (Lipinski definition) is 1. The molecule has 1 aliphatic heterocycles. The van der Waals surface area contributed by atoms with Crippen molar-refractivity contribution in [3.05, 3.63) is 59.7 Å². The zero-order valence-electron chi connectivity index (χ0n) is 15.1. The van der Waals surface area contributed by atoms with Crippen molar-refractivity contribution in [2.24, 2.45) is 11.7 Å². The highest BCUT2D eigenvalue weighted by Gasteiger charge is 2.39. The Hall–Kier alpha value is -1.85. The Kier molecular flexibility index (Phi) is 5.27. The van der Waals surface area contributed by atoms with E-state index in [1.165, 1.54) is 12.0 Å². The van der Waals surface area contributed by atoms with Gasteiger partial charge in [0.2, 0.25) is 0 Å². The zero-order chi connectivity index (χ0) is 17.9. The quantitative estimate of drug-likeness (QED) is 0.916. The van der Waals surface area contributed by atoms with Gasteiger partial charge in [-0.15, -0.1) is 0 Å². The number of aromatic nitrogens is 2. The second-order valence-electron chi connectivity index (χ2n) is 7.86. The van der Waals surface area contributed by atoms with Crippen molar-refractivity contribution >= 4 is 0 Å². The van der Waals surface area contributed by atoms with Crippen LogP contribution in [0.1, 0.15) is 42.9 Å². The fraction of sp³-hybridized carbons (Fsp3) is 0.524. The molecule has 0 radical (unpaired) electrons. The van der Waals surface area contributed by atoms with Crippen LogP contribution in [0.2, 0.25) is 0 Å². The number of likely N-dealkylation sites (tertiary alicyclic amines) is 1. The molecule has 26 heavy (non-hydrogen) atoms. The Balaban J connectivity index is 1.54. The maximum atomic E-state index is 13.3. The Morgan fingerprint density at radius 2 is 2.00 bits per heavy atom. The minimum absolute atomic E-state index is 0.165. The maximum Gasteiger partial charge on any atom is 0.123 e. The summed E-state index contributed by atoms with van der Waals surface area (Å²) in [5.74, 6) is 0.842.